The van der Waals surface area contributed by atoms with Crippen LogP contribution in [0.4, 0.5) is 0 Å². The molecule has 1 saturated heterocycles. The number of aliphatic hydroxyl groups excluding tert-OH is 2. The molecule has 0 bridgehead atoms. The van der Waals surface area contributed by atoms with Gasteiger partial charge in [-0.15, -0.1) is 0 Å². The molecule has 2 N–H and O–H groups in total. The molecule has 0 amide bonds. The predicted molar refractivity (Wildman–Crippen MR) is 60.8 cm³/mol. The van der Waals surface area contributed by atoms with Gasteiger partial charge in [0.15, 0.2) is 0 Å². The number of nitrogens with zero attached hydrogens (tertiary/aromatic N) is 2. The third kappa shape index (κ3) is 4.07. The first-order valence-electron chi connectivity index (χ1n) is 5.78. The average Bonchev–Trinajstić information content (AvgIpc) is 2.63. The summed E-state index contributed by atoms with van der Waals surface area (Å²) in [6.07, 6.45) is 2.45. The molecule has 0 aliphatic carbocycles. The highest BCUT2D eigenvalue weighted by Gasteiger charge is 2.20. The Labute approximate surface area is 92.5 Å². The van der Waals surface area contributed by atoms with E-state index in [1.54, 1.807) is 0 Å². The Morgan fingerprint density at radius 2 is 2.07 bits per heavy atom. The number of likely N-dealkylation sites (N-methyl/N-ethyl adjacent to an activating group) is 1. The third-order valence-electron chi connectivity index (χ3n) is 3.42. The van der Waals surface area contributed by atoms with Gasteiger partial charge in [0.1, 0.15) is 0 Å². The van der Waals surface area contributed by atoms with Gasteiger partial charge in [0.05, 0.1) is 19.3 Å². The molecular formula is C11H24N2O2. The monoisotopic (exact) mass is 216 g/mol. The molecule has 1 heterocycles. The van der Waals surface area contributed by atoms with E-state index < -0.39 is 0 Å². The second-order valence-electron chi connectivity index (χ2n) is 4.71. The lowest BCUT2D eigenvalue weighted by Gasteiger charge is -2.25. The second kappa shape index (κ2) is 6.43. The number of likely N-dealkylation sites (tertiary alicyclic amines) is 1. The van der Waals surface area contributed by atoms with Crippen LogP contribution in [0.15, 0.2) is 0 Å². The molecular weight excluding hydrogens is 192 g/mol. The maximum absolute atomic E-state index is 9.02. The molecule has 4 heteroatoms. The summed E-state index contributed by atoms with van der Waals surface area (Å²) >= 11 is 0. The van der Waals surface area contributed by atoms with E-state index in [0.717, 1.165) is 18.9 Å². The number of hydrogen-bond donors (Lipinski definition) is 2. The largest absolute Gasteiger partial charge is 0.395 e. The van der Waals surface area contributed by atoms with Crippen LogP contribution in [0.5, 0.6) is 0 Å². The van der Waals surface area contributed by atoms with Gasteiger partial charge in [0.2, 0.25) is 0 Å². The van der Waals surface area contributed by atoms with Gasteiger partial charge >= 0.3 is 0 Å². The van der Waals surface area contributed by atoms with E-state index in [1.165, 1.54) is 19.5 Å². The molecule has 1 aliphatic heterocycles. The lowest BCUT2D eigenvalue weighted by molar-refractivity contribution is 0.0881. The average molecular weight is 216 g/mol. The van der Waals surface area contributed by atoms with Crippen molar-refractivity contribution >= 4 is 0 Å². The van der Waals surface area contributed by atoms with E-state index in [4.69, 9.17) is 10.2 Å². The summed E-state index contributed by atoms with van der Waals surface area (Å²) in [6.45, 7) is 3.44. The Balaban J connectivity index is 2.18. The molecule has 0 saturated carbocycles. The summed E-state index contributed by atoms with van der Waals surface area (Å²) in [4.78, 5) is 4.42. The van der Waals surface area contributed by atoms with Crippen LogP contribution in [0.1, 0.15) is 12.8 Å². The van der Waals surface area contributed by atoms with Crippen LogP contribution in [0.25, 0.3) is 0 Å². The van der Waals surface area contributed by atoms with E-state index in [0.29, 0.717) is 0 Å². The highest BCUT2D eigenvalue weighted by Crippen LogP contribution is 2.18. The molecule has 1 atom stereocenters. The molecule has 0 radical (unpaired) electrons. The molecule has 0 aromatic rings. The predicted octanol–water partition coefficient (Wildman–Crippen LogP) is -0.387. The summed E-state index contributed by atoms with van der Waals surface area (Å²) < 4.78 is 0. The van der Waals surface area contributed by atoms with Gasteiger partial charge in [-0.3, -0.25) is 4.90 Å². The van der Waals surface area contributed by atoms with Crippen LogP contribution < -0.4 is 0 Å². The molecule has 0 aromatic carbocycles. The molecule has 90 valence electrons. The van der Waals surface area contributed by atoms with Gasteiger partial charge in [-0.25, -0.2) is 0 Å². The van der Waals surface area contributed by atoms with E-state index >= 15 is 0 Å². The summed E-state index contributed by atoms with van der Waals surface area (Å²) in [5, 5.41) is 18.0. The van der Waals surface area contributed by atoms with E-state index in [2.05, 4.69) is 16.8 Å². The van der Waals surface area contributed by atoms with Gasteiger partial charge < -0.3 is 15.1 Å². The van der Waals surface area contributed by atoms with Crippen LogP contribution >= 0.6 is 0 Å². The summed E-state index contributed by atoms with van der Waals surface area (Å²) in [7, 11) is 4.13. The van der Waals surface area contributed by atoms with Crippen molar-refractivity contribution < 1.29 is 10.2 Å². The maximum atomic E-state index is 9.02. The molecule has 1 fully saturated rings. The molecule has 15 heavy (non-hydrogen) atoms. The van der Waals surface area contributed by atoms with Crippen molar-refractivity contribution in [2.45, 2.75) is 18.9 Å². The van der Waals surface area contributed by atoms with Gasteiger partial charge in [0.25, 0.3) is 0 Å². The summed E-state index contributed by atoms with van der Waals surface area (Å²) in [5.74, 6) is 0.787. The number of hydrogen-bond acceptors (Lipinski definition) is 4. The SMILES string of the molecule is CN1CCC(CCN(C)C(CO)CO)C1. The van der Waals surface area contributed by atoms with Gasteiger partial charge in [0, 0.05) is 6.54 Å². The summed E-state index contributed by atoms with van der Waals surface area (Å²) in [6, 6.07) is -0.0934. The Bertz CT molecular complexity index is 174. The standard InChI is InChI=1S/C11H24N2O2/c1-12-5-3-10(7-12)4-6-13(2)11(8-14)9-15/h10-11,14-15H,3-9H2,1-2H3. The van der Waals surface area contributed by atoms with Crippen molar-refractivity contribution in [1.82, 2.24) is 9.80 Å². The van der Waals surface area contributed by atoms with Crippen molar-refractivity contribution in [2.24, 2.45) is 5.92 Å². The minimum Gasteiger partial charge on any atom is -0.395 e. The molecule has 1 aliphatic rings. The van der Waals surface area contributed by atoms with Crippen LogP contribution in [0.2, 0.25) is 0 Å². The van der Waals surface area contributed by atoms with Crippen LogP contribution in [-0.2, 0) is 0 Å². The zero-order chi connectivity index (χ0) is 11.3. The highest BCUT2D eigenvalue weighted by molar-refractivity contribution is 4.75. The zero-order valence-corrected chi connectivity index (χ0v) is 9.89. The molecule has 0 spiro atoms. The van der Waals surface area contributed by atoms with Crippen LogP contribution in [-0.4, -0.2) is 73.0 Å². The Kier molecular flexibility index (Phi) is 5.53. The van der Waals surface area contributed by atoms with Crippen molar-refractivity contribution in [2.75, 3.05) is 46.9 Å². The highest BCUT2D eigenvalue weighted by atomic mass is 16.3. The molecule has 1 rings (SSSR count). The van der Waals surface area contributed by atoms with Crippen LogP contribution in [0.3, 0.4) is 0 Å². The van der Waals surface area contributed by atoms with Crippen molar-refractivity contribution in [3.63, 3.8) is 0 Å². The molecule has 1 unspecified atom stereocenters. The quantitative estimate of drug-likeness (QED) is 0.635. The molecule has 4 nitrogen and oxygen atoms in total. The minimum absolute atomic E-state index is 0.0393. The van der Waals surface area contributed by atoms with Crippen molar-refractivity contribution in [1.29, 1.82) is 0 Å². The first-order chi connectivity index (χ1) is 7.17. The zero-order valence-electron chi connectivity index (χ0n) is 9.89. The van der Waals surface area contributed by atoms with Crippen molar-refractivity contribution in [3.8, 4) is 0 Å². The Hall–Kier alpha value is -0.160. The minimum atomic E-state index is -0.0934. The third-order valence-corrected chi connectivity index (χ3v) is 3.42. The molecule has 0 aromatic heterocycles. The lowest BCUT2D eigenvalue weighted by Crippen LogP contribution is -2.38. The van der Waals surface area contributed by atoms with E-state index in [9.17, 15) is 0 Å². The smallest absolute Gasteiger partial charge is 0.0609 e. The second-order valence-corrected chi connectivity index (χ2v) is 4.71. The lowest BCUT2D eigenvalue weighted by atomic mass is 10.0. The van der Waals surface area contributed by atoms with Crippen LogP contribution in [0, 0.1) is 5.92 Å². The normalized spacial score (nSPS) is 23.2. The topological polar surface area (TPSA) is 46.9 Å². The first kappa shape index (κ1) is 12.9. The van der Waals surface area contributed by atoms with Gasteiger partial charge in [-0.1, -0.05) is 0 Å². The Morgan fingerprint density at radius 1 is 1.40 bits per heavy atom. The van der Waals surface area contributed by atoms with Gasteiger partial charge in [-0.2, -0.15) is 0 Å². The first-order valence-corrected chi connectivity index (χ1v) is 5.78. The maximum Gasteiger partial charge on any atom is 0.0609 e. The fourth-order valence-corrected chi connectivity index (χ4v) is 2.17. The van der Waals surface area contributed by atoms with Gasteiger partial charge in [-0.05, 0) is 45.9 Å². The fraction of sp³-hybridized carbons (Fsp3) is 1.00. The number of rotatable bonds is 6. The Morgan fingerprint density at radius 3 is 2.53 bits per heavy atom. The summed E-state index contributed by atoms with van der Waals surface area (Å²) in [5.41, 5.74) is 0. The fourth-order valence-electron chi connectivity index (χ4n) is 2.17. The van der Waals surface area contributed by atoms with E-state index in [1.807, 2.05) is 7.05 Å². The van der Waals surface area contributed by atoms with E-state index in [-0.39, 0.29) is 19.3 Å². The van der Waals surface area contributed by atoms with Crippen molar-refractivity contribution in [3.05, 3.63) is 0 Å². The number of aliphatic hydroxyl groups is 2.